The zero-order chi connectivity index (χ0) is 19.3. The number of benzene rings is 3. The van der Waals surface area contributed by atoms with E-state index >= 15 is 0 Å². The van der Waals surface area contributed by atoms with Crippen LogP contribution in [-0.4, -0.2) is 4.40 Å². The molecule has 3 aromatic heterocycles. The molecule has 6 aromatic rings. The van der Waals surface area contributed by atoms with Gasteiger partial charge >= 0.3 is 0 Å². The second-order valence-corrected chi connectivity index (χ2v) is 8.13. The molecular weight excluding hydrogens is 347 g/mol. The lowest BCUT2D eigenvalue weighted by molar-refractivity contribution is -0.643. The van der Waals surface area contributed by atoms with Crippen molar-refractivity contribution in [3.63, 3.8) is 0 Å². The van der Waals surface area contributed by atoms with Gasteiger partial charge in [0.15, 0.2) is 6.20 Å². The number of rotatable bonds is 0. The predicted octanol–water partition coefficient (Wildman–Crippen LogP) is 5.88. The standard InChI is InChI=1S/C25H20FN2/c1-13-9-15(3)23-19(10-13)18-6-5-14(2)21-24(18)28(23)20-12-17(26)11-16-7-8-27(4)25(21)22(16)20/h5-12H,1-4H3/q+1. The monoisotopic (exact) mass is 367 g/mol. The Morgan fingerprint density at radius 3 is 2.46 bits per heavy atom. The number of fused-ring (bicyclic) bond motifs is 5. The van der Waals surface area contributed by atoms with E-state index in [-0.39, 0.29) is 5.82 Å². The van der Waals surface area contributed by atoms with E-state index in [9.17, 15) is 4.39 Å². The van der Waals surface area contributed by atoms with Crippen LogP contribution < -0.4 is 4.57 Å². The van der Waals surface area contributed by atoms with Crippen LogP contribution in [0.1, 0.15) is 16.7 Å². The van der Waals surface area contributed by atoms with E-state index in [1.54, 1.807) is 12.1 Å². The van der Waals surface area contributed by atoms with Crippen molar-refractivity contribution >= 4 is 49.0 Å². The number of aryl methyl sites for hydroxylation is 4. The van der Waals surface area contributed by atoms with Crippen LogP contribution in [0, 0.1) is 26.6 Å². The number of aromatic nitrogens is 2. The quantitative estimate of drug-likeness (QED) is 0.180. The van der Waals surface area contributed by atoms with E-state index in [1.807, 2.05) is 12.3 Å². The minimum atomic E-state index is -0.196. The molecule has 0 N–H and O–H groups in total. The van der Waals surface area contributed by atoms with Crippen LogP contribution in [0.2, 0.25) is 0 Å². The Hall–Kier alpha value is -3.20. The van der Waals surface area contributed by atoms with Gasteiger partial charge in [0.1, 0.15) is 12.9 Å². The van der Waals surface area contributed by atoms with E-state index in [4.69, 9.17) is 0 Å². The van der Waals surface area contributed by atoms with Gasteiger partial charge in [-0.25, -0.2) is 8.96 Å². The normalized spacial score (nSPS) is 12.5. The Labute approximate surface area is 161 Å². The molecule has 28 heavy (non-hydrogen) atoms. The highest BCUT2D eigenvalue weighted by Gasteiger charge is 2.24. The number of nitrogens with zero attached hydrogens (tertiary/aromatic N) is 2. The Morgan fingerprint density at radius 2 is 1.64 bits per heavy atom. The Kier molecular flexibility index (Phi) is 2.82. The van der Waals surface area contributed by atoms with Crippen LogP contribution in [0.4, 0.5) is 4.39 Å². The summed E-state index contributed by atoms with van der Waals surface area (Å²) in [6, 6.07) is 14.2. The first-order chi connectivity index (χ1) is 13.5. The molecule has 0 atom stereocenters. The lowest BCUT2D eigenvalue weighted by atomic mass is 9.99. The summed E-state index contributed by atoms with van der Waals surface area (Å²) in [5, 5.41) is 5.78. The highest BCUT2D eigenvalue weighted by Crippen LogP contribution is 2.41. The molecule has 0 unspecified atom stereocenters. The van der Waals surface area contributed by atoms with E-state index < -0.39 is 0 Å². The van der Waals surface area contributed by atoms with Gasteiger partial charge in [-0.15, -0.1) is 0 Å². The predicted molar refractivity (Wildman–Crippen MR) is 114 cm³/mol. The van der Waals surface area contributed by atoms with Crippen molar-refractivity contribution in [3.05, 3.63) is 71.2 Å². The number of hydrogen-bond acceptors (Lipinski definition) is 0. The highest BCUT2D eigenvalue weighted by molar-refractivity contribution is 6.26. The third-order valence-corrected chi connectivity index (χ3v) is 6.23. The van der Waals surface area contributed by atoms with E-state index in [1.165, 1.54) is 49.4 Å². The van der Waals surface area contributed by atoms with Crippen molar-refractivity contribution in [2.45, 2.75) is 20.8 Å². The highest BCUT2D eigenvalue weighted by atomic mass is 19.1. The fraction of sp³-hybridized carbons (Fsp3) is 0.160. The average Bonchev–Trinajstić information content (AvgIpc) is 2.97. The molecule has 0 saturated carbocycles. The molecule has 0 spiro atoms. The first-order valence-corrected chi connectivity index (χ1v) is 9.63. The van der Waals surface area contributed by atoms with Gasteiger partial charge in [-0.1, -0.05) is 23.8 Å². The summed E-state index contributed by atoms with van der Waals surface area (Å²) in [5.41, 5.74) is 8.17. The first kappa shape index (κ1) is 15.8. The first-order valence-electron chi connectivity index (χ1n) is 9.63. The molecule has 6 rings (SSSR count). The summed E-state index contributed by atoms with van der Waals surface area (Å²) < 4.78 is 19.1. The largest absolute Gasteiger partial charge is 0.307 e. The van der Waals surface area contributed by atoms with E-state index in [0.29, 0.717) is 0 Å². The maximum Gasteiger partial charge on any atom is 0.224 e. The van der Waals surface area contributed by atoms with Crippen molar-refractivity contribution in [2.75, 3.05) is 0 Å². The van der Waals surface area contributed by atoms with Gasteiger partial charge < -0.3 is 4.40 Å². The van der Waals surface area contributed by atoms with Gasteiger partial charge in [-0.3, -0.25) is 0 Å². The lowest BCUT2D eigenvalue weighted by Gasteiger charge is -2.13. The molecule has 0 bridgehead atoms. The maximum absolute atomic E-state index is 14.6. The topological polar surface area (TPSA) is 8.29 Å². The molecule has 3 aromatic carbocycles. The molecule has 3 heterocycles. The van der Waals surface area contributed by atoms with Crippen molar-refractivity contribution in [1.82, 2.24) is 4.40 Å². The van der Waals surface area contributed by atoms with Gasteiger partial charge in [0, 0.05) is 16.8 Å². The molecule has 0 aliphatic heterocycles. The Balaban J connectivity index is 2.15. The van der Waals surface area contributed by atoms with Crippen LogP contribution in [0.3, 0.4) is 0 Å². The van der Waals surface area contributed by atoms with Crippen LogP contribution in [-0.2, 0) is 7.05 Å². The fourth-order valence-corrected chi connectivity index (χ4v) is 5.18. The van der Waals surface area contributed by atoms with Crippen LogP contribution >= 0.6 is 0 Å². The molecule has 0 fully saturated rings. The summed E-state index contributed by atoms with van der Waals surface area (Å²) in [6.07, 6.45) is 2.03. The van der Waals surface area contributed by atoms with Gasteiger partial charge in [-0.05, 0) is 55.5 Å². The summed E-state index contributed by atoms with van der Waals surface area (Å²) in [6.45, 7) is 6.46. The van der Waals surface area contributed by atoms with Crippen molar-refractivity contribution < 1.29 is 8.96 Å². The van der Waals surface area contributed by atoms with E-state index in [2.05, 4.69) is 61.1 Å². The van der Waals surface area contributed by atoms with Crippen molar-refractivity contribution in [1.29, 1.82) is 0 Å². The van der Waals surface area contributed by atoms with Crippen molar-refractivity contribution in [2.24, 2.45) is 7.05 Å². The maximum atomic E-state index is 14.6. The summed E-state index contributed by atoms with van der Waals surface area (Å²) in [5.74, 6) is -0.196. The molecule has 0 saturated heterocycles. The third-order valence-electron chi connectivity index (χ3n) is 6.23. The second kappa shape index (κ2) is 4.99. The molecule has 0 radical (unpaired) electrons. The minimum absolute atomic E-state index is 0.196. The third kappa shape index (κ3) is 1.74. The average molecular weight is 367 g/mol. The van der Waals surface area contributed by atoms with Crippen LogP contribution in [0.15, 0.2) is 48.7 Å². The number of hydrogen-bond donors (Lipinski definition) is 0. The molecule has 0 aliphatic rings. The summed E-state index contributed by atoms with van der Waals surface area (Å²) in [7, 11) is 2.08. The smallest absolute Gasteiger partial charge is 0.224 e. The molecule has 0 amide bonds. The summed E-state index contributed by atoms with van der Waals surface area (Å²) in [4.78, 5) is 0. The van der Waals surface area contributed by atoms with Crippen LogP contribution in [0.25, 0.3) is 49.0 Å². The summed E-state index contributed by atoms with van der Waals surface area (Å²) >= 11 is 0. The molecule has 0 aliphatic carbocycles. The Bertz CT molecular complexity index is 1600. The van der Waals surface area contributed by atoms with E-state index in [0.717, 1.165) is 16.3 Å². The fourth-order valence-electron chi connectivity index (χ4n) is 5.18. The second-order valence-electron chi connectivity index (χ2n) is 8.13. The number of halogens is 1. The van der Waals surface area contributed by atoms with Gasteiger partial charge in [-0.2, -0.15) is 0 Å². The van der Waals surface area contributed by atoms with Gasteiger partial charge in [0.2, 0.25) is 5.52 Å². The van der Waals surface area contributed by atoms with Crippen molar-refractivity contribution in [3.8, 4) is 0 Å². The van der Waals surface area contributed by atoms with Crippen LogP contribution in [0.5, 0.6) is 0 Å². The minimum Gasteiger partial charge on any atom is -0.307 e. The van der Waals surface area contributed by atoms with Gasteiger partial charge in [0.25, 0.3) is 0 Å². The zero-order valence-electron chi connectivity index (χ0n) is 16.4. The van der Waals surface area contributed by atoms with Gasteiger partial charge in [0.05, 0.1) is 27.3 Å². The Morgan fingerprint density at radius 1 is 0.821 bits per heavy atom. The molecule has 2 nitrogen and oxygen atoms in total. The molecule has 3 heteroatoms. The lowest BCUT2D eigenvalue weighted by Crippen LogP contribution is -2.29. The molecular formula is C25H20FN2+. The number of pyridine rings is 2. The SMILES string of the molecule is Cc1cc(C)c2c(c1)c1ccc(C)c3c1n2c1cc(F)cc2cc[n+](C)c3c21. The molecule has 136 valence electrons. The zero-order valence-corrected chi connectivity index (χ0v) is 16.4.